The van der Waals surface area contributed by atoms with Crippen molar-refractivity contribution in [3.63, 3.8) is 0 Å². The lowest BCUT2D eigenvalue weighted by Gasteiger charge is -2.08. The number of tetrazole rings is 1. The van der Waals surface area contributed by atoms with Crippen LogP contribution in [-0.4, -0.2) is 38.3 Å². The van der Waals surface area contributed by atoms with Gasteiger partial charge >= 0.3 is 5.69 Å². The maximum absolute atomic E-state index is 13.2. The molecule has 1 aromatic heterocycles. The second-order valence-corrected chi connectivity index (χ2v) is 6.01. The Hall–Kier alpha value is -3.82. The number of halogens is 1. The van der Waals surface area contributed by atoms with Gasteiger partial charge in [0.2, 0.25) is 0 Å². The van der Waals surface area contributed by atoms with E-state index in [4.69, 9.17) is 9.68 Å². The number of rotatable bonds is 7. The smallest absolute Gasteiger partial charge is 0.368 e. The zero-order valence-electron chi connectivity index (χ0n) is 16.1. The van der Waals surface area contributed by atoms with Crippen LogP contribution in [0.2, 0.25) is 0 Å². The van der Waals surface area contributed by atoms with Gasteiger partial charge in [0, 0.05) is 18.2 Å². The minimum absolute atomic E-state index is 0.0835. The Morgan fingerprint density at radius 1 is 1.10 bits per heavy atom. The molecule has 0 unspecified atom stereocenters. The lowest BCUT2D eigenvalue weighted by atomic mass is 10.1. The fourth-order valence-corrected chi connectivity index (χ4v) is 2.57. The molecule has 0 radical (unpaired) electrons. The van der Waals surface area contributed by atoms with E-state index in [-0.39, 0.29) is 18.1 Å². The van der Waals surface area contributed by atoms with Crippen molar-refractivity contribution in [2.24, 2.45) is 17.4 Å². The average molecular weight is 398 g/mol. The first-order valence-corrected chi connectivity index (χ1v) is 8.62. The molecule has 0 atom stereocenters. The van der Waals surface area contributed by atoms with Crippen LogP contribution in [0, 0.1) is 5.82 Å². The minimum Gasteiger partial charge on any atom is -0.399 e. The Bertz CT molecular complexity index is 1100. The lowest BCUT2D eigenvalue weighted by Crippen LogP contribution is -2.22. The van der Waals surface area contributed by atoms with Gasteiger partial charge in [0.15, 0.2) is 0 Å². The summed E-state index contributed by atoms with van der Waals surface area (Å²) in [5.74, 6) is -0.354. The van der Waals surface area contributed by atoms with E-state index >= 15 is 0 Å². The number of benzene rings is 2. The highest BCUT2D eigenvalue weighted by molar-refractivity contribution is 6.47. The van der Waals surface area contributed by atoms with Crippen molar-refractivity contribution in [2.75, 3.05) is 7.11 Å². The molecule has 1 heterocycles. The number of aromatic nitrogens is 4. The molecule has 10 heteroatoms. The summed E-state index contributed by atoms with van der Waals surface area (Å²) in [6.07, 6.45) is 0. The molecule has 9 nitrogen and oxygen atoms in total. The molecule has 0 bridgehead atoms. The molecule has 0 fully saturated rings. The second kappa shape index (κ2) is 8.91. The van der Waals surface area contributed by atoms with E-state index in [1.807, 2.05) is 6.07 Å². The van der Waals surface area contributed by atoms with E-state index in [1.54, 1.807) is 37.3 Å². The summed E-state index contributed by atoms with van der Waals surface area (Å²) in [5, 5.41) is 15.6. The molecule has 0 saturated heterocycles. The molecule has 29 heavy (non-hydrogen) atoms. The van der Waals surface area contributed by atoms with Crippen LogP contribution in [-0.2, 0) is 23.3 Å². The first-order valence-electron chi connectivity index (χ1n) is 8.62. The predicted molar refractivity (Wildman–Crippen MR) is 104 cm³/mol. The van der Waals surface area contributed by atoms with Crippen molar-refractivity contribution in [2.45, 2.75) is 13.5 Å². The van der Waals surface area contributed by atoms with Crippen LogP contribution >= 0.6 is 0 Å². The van der Waals surface area contributed by atoms with Gasteiger partial charge in [-0.1, -0.05) is 28.5 Å². The average Bonchev–Trinajstić information content (AvgIpc) is 3.06. The van der Waals surface area contributed by atoms with Gasteiger partial charge < -0.3 is 9.68 Å². The van der Waals surface area contributed by atoms with E-state index in [9.17, 15) is 9.18 Å². The number of para-hydroxylation sites is 1. The summed E-state index contributed by atoms with van der Waals surface area (Å²) in [5.41, 5.74) is 2.34. The maximum atomic E-state index is 13.2. The number of oxime groups is 2. The fourth-order valence-electron chi connectivity index (χ4n) is 2.57. The van der Waals surface area contributed by atoms with Crippen molar-refractivity contribution in [3.05, 3.63) is 76.0 Å². The highest BCUT2D eigenvalue weighted by Crippen LogP contribution is 2.13. The van der Waals surface area contributed by atoms with Gasteiger partial charge in [-0.25, -0.2) is 9.18 Å². The molecule has 150 valence electrons. The molecule has 0 aliphatic heterocycles. The normalized spacial score (nSPS) is 12.1. The van der Waals surface area contributed by atoms with E-state index in [0.717, 1.165) is 4.68 Å². The molecule has 3 aromatic rings. The van der Waals surface area contributed by atoms with Crippen LogP contribution in [0.3, 0.4) is 0 Å². The number of nitrogens with zero attached hydrogens (tertiary/aromatic N) is 6. The second-order valence-electron chi connectivity index (χ2n) is 6.01. The molecule has 0 amide bonds. The molecular formula is C19H19FN6O3. The largest absolute Gasteiger partial charge is 0.399 e. The third-order valence-corrected chi connectivity index (χ3v) is 4.01. The van der Waals surface area contributed by atoms with Crippen molar-refractivity contribution in [3.8, 4) is 5.69 Å². The van der Waals surface area contributed by atoms with Crippen LogP contribution in [0.15, 0.2) is 63.6 Å². The van der Waals surface area contributed by atoms with Crippen molar-refractivity contribution in [1.82, 2.24) is 19.8 Å². The number of hydrogen-bond donors (Lipinski definition) is 0. The Morgan fingerprint density at radius 2 is 1.83 bits per heavy atom. The van der Waals surface area contributed by atoms with Gasteiger partial charge in [-0.05, 0) is 47.7 Å². The maximum Gasteiger partial charge on any atom is 0.368 e. The van der Waals surface area contributed by atoms with Gasteiger partial charge in [0.25, 0.3) is 0 Å². The zero-order chi connectivity index (χ0) is 20.8. The van der Waals surface area contributed by atoms with Crippen LogP contribution in [0.5, 0.6) is 0 Å². The molecule has 0 aliphatic carbocycles. The topological polar surface area (TPSA) is 95.9 Å². The summed E-state index contributed by atoms with van der Waals surface area (Å²) in [6, 6.07) is 12.9. The van der Waals surface area contributed by atoms with Crippen molar-refractivity contribution < 1.29 is 14.1 Å². The summed E-state index contributed by atoms with van der Waals surface area (Å²) in [6.45, 7) is 1.78. The lowest BCUT2D eigenvalue weighted by molar-refractivity contribution is 0.130. The minimum atomic E-state index is -0.372. The zero-order valence-corrected chi connectivity index (χ0v) is 16.1. The van der Waals surface area contributed by atoms with Crippen LogP contribution in [0.4, 0.5) is 4.39 Å². The molecule has 0 saturated carbocycles. The van der Waals surface area contributed by atoms with Crippen LogP contribution in [0.25, 0.3) is 5.69 Å². The third kappa shape index (κ3) is 4.54. The first-order chi connectivity index (χ1) is 14.0. The molecule has 3 rings (SSSR count). The van der Waals surface area contributed by atoms with Gasteiger partial charge in [-0.2, -0.15) is 9.36 Å². The first kappa shape index (κ1) is 19.9. The summed E-state index contributed by atoms with van der Waals surface area (Å²) in [4.78, 5) is 22.5. The Balaban J connectivity index is 1.80. The molecule has 0 N–H and O–H groups in total. The predicted octanol–water partition coefficient (Wildman–Crippen LogP) is 2.05. The quantitative estimate of drug-likeness (QED) is 0.448. The molecule has 2 aromatic carbocycles. The number of hydrogen-bond acceptors (Lipinski definition) is 7. The highest BCUT2D eigenvalue weighted by Gasteiger charge is 2.12. The van der Waals surface area contributed by atoms with Crippen molar-refractivity contribution >= 4 is 11.4 Å². The summed E-state index contributed by atoms with van der Waals surface area (Å²) >= 11 is 0. The van der Waals surface area contributed by atoms with Crippen LogP contribution < -0.4 is 5.69 Å². The summed E-state index contributed by atoms with van der Waals surface area (Å²) < 4.78 is 15.5. The monoisotopic (exact) mass is 398 g/mol. The molecule has 0 spiro atoms. The van der Waals surface area contributed by atoms with E-state index in [1.165, 1.54) is 31.0 Å². The van der Waals surface area contributed by atoms with Gasteiger partial charge in [0.05, 0.1) is 5.69 Å². The SMILES string of the molecule is CO/N=C(/C(C)=N/OCc1ccccc1-n1nnn(C)c1=O)c1ccc(F)cc1. The standard InChI is InChI=1S/C19H19FN6O3/c1-13(18(22-28-3)14-8-10-16(20)11-9-14)21-29-12-15-6-4-5-7-17(15)26-19(27)25(2)23-24-26/h4-11H,12H2,1-3H3/b21-13+,22-18-. The van der Waals surface area contributed by atoms with Gasteiger partial charge in [-0.15, -0.1) is 0 Å². The van der Waals surface area contributed by atoms with Gasteiger partial charge in [0.1, 0.15) is 31.0 Å². The number of aryl methyl sites for hydroxylation is 1. The summed E-state index contributed by atoms with van der Waals surface area (Å²) in [7, 11) is 2.93. The Morgan fingerprint density at radius 3 is 2.48 bits per heavy atom. The van der Waals surface area contributed by atoms with E-state index in [2.05, 4.69) is 20.7 Å². The Labute approximate surface area is 165 Å². The van der Waals surface area contributed by atoms with Crippen molar-refractivity contribution in [1.29, 1.82) is 0 Å². The fraction of sp³-hybridized carbons (Fsp3) is 0.211. The third-order valence-electron chi connectivity index (χ3n) is 4.01. The molecular weight excluding hydrogens is 379 g/mol. The molecule has 0 aliphatic rings. The Kier molecular flexibility index (Phi) is 6.12. The van der Waals surface area contributed by atoms with Crippen LogP contribution in [0.1, 0.15) is 18.1 Å². The van der Waals surface area contributed by atoms with Gasteiger partial charge in [-0.3, -0.25) is 0 Å². The van der Waals surface area contributed by atoms with E-state index in [0.29, 0.717) is 28.2 Å². The van der Waals surface area contributed by atoms with E-state index < -0.39 is 0 Å². The highest BCUT2D eigenvalue weighted by atomic mass is 19.1.